The van der Waals surface area contributed by atoms with Crippen LogP contribution >= 0.6 is 0 Å². The van der Waals surface area contributed by atoms with Crippen molar-refractivity contribution in [1.82, 2.24) is 14.4 Å². The van der Waals surface area contributed by atoms with Crippen LogP contribution in [0.5, 0.6) is 0 Å². The van der Waals surface area contributed by atoms with E-state index in [1.54, 1.807) is 29.2 Å². The highest BCUT2D eigenvalue weighted by atomic mass is 16.1. The molecule has 2 aromatic heterocycles. The number of fused-ring (bicyclic) bond motifs is 1. The molecule has 0 amide bonds. The number of carbonyl (C=O) groups excluding carboxylic acids is 1. The lowest BCUT2D eigenvalue weighted by Gasteiger charge is -1.96. The summed E-state index contributed by atoms with van der Waals surface area (Å²) in [6.07, 6.45) is 6.77. The van der Waals surface area contributed by atoms with Crippen molar-refractivity contribution in [2.45, 2.75) is 6.92 Å². The van der Waals surface area contributed by atoms with E-state index in [0.29, 0.717) is 11.3 Å². The molecule has 60 valence electrons. The fourth-order valence-corrected chi connectivity index (χ4v) is 1.10. The van der Waals surface area contributed by atoms with E-state index in [1.807, 2.05) is 0 Å². The summed E-state index contributed by atoms with van der Waals surface area (Å²) in [6.45, 7) is 1.48. The van der Waals surface area contributed by atoms with E-state index in [1.165, 1.54) is 6.92 Å². The molecular weight excluding hydrogens is 154 g/mol. The number of hydrogen-bond donors (Lipinski definition) is 0. The van der Waals surface area contributed by atoms with Crippen molar-refractivity contribution in [3.63, 3.8) is 0 Å². The molecule has 4 heteroatoms. The van der Waals surface area contributed by atoms with Gasteiger partial charge < -0.3 is 4.40 Å². The summed E-state index contributed by atoms with van der Waals surface area (Å²) in [5.41, 5.74) is 1.03. The Morgan fingerprint density at radius 1 is 1.33 bits per heavy atom. The number of carbonyl (C=O) groups is 1. The van der Waals surface area contributed by atoms with Crippen LogP contribution in [0.3, 0.4) is 0 Å². The van der Waals surface area contributed by atoms with Crippen molar-refractivity contribution >= 4 is 11.4 Å². The molecule has 2 rings (SSSR count). The monoisotopic (exact) mass is 161 g/mol. The third kappa shape index (κ3) is 0.887. The highest BCUT2D eigenvalue weighted by Gasteiger charge is 2.06. The lowest BCUT2D eigenvalue weighted by atomic mass is 10.3. The molecule has 0 unspecified atom stereocenters. The first-order valence-corrected chi connectivity index (χ1v) is 3.57. The molecule has 0 aliphatic carbocycles. The van der Waals surface area contributed by atoms with Gasteiger partial charge in [0.05, 0.1) is 0 Å². The third-order valence-electron chi connectivity index (χ3n) is 1.64. The normalized spacial score (nSPS) is 10.4. The Hall–Kier alpha value is -1.71. The van der Waals surface area contributed by atoms with Crippen molar-refractivity contribution < 1.29 is 4.79 Å². The van der Waals surface area contributed by atoms with Crippen LogP contribution in [-0.2, 0) is 0 Å². The number of rotatable bonds is 1. The van der Waals surface area contributed by atoms with Gasteiger partial charge in [-0.2, -0.15) is 0 Å². The quantitative estimate of drug-likeness (QED) is 0.584. The molecule has 2 aromatic rings. The van der Waals surface area contributed by atoms with Gasteiger partial charge in [0.2, 0.25) is 0 Å². The smallest absolute Gasteiger partial charge is 0.181 e. The first-order chi connectivity index (χ1) is 5.79. The maximum Gasteiger partial charge on any atom is 0.181 e. The number of imidazole rings is 1. The van der Waals surface area contributed by atoms with Crippen LogP contribution < -0.4 is 0 Å². The van der Waals surface area contributed by atoms with Gasteiger partial charge >= 0.3 is 0 Å². The molecule has 0 atom stereocenters. The molecule has 0 aliphatic rings. The van der Waals surface area contributed by atoms with Crippen LogP contribution in [0, 0.1) is 0 Å². The Labute approximate surface area is 68.9 Å². The van der Waals surface area contributed by atoms with Crippen molar-refractivity contribution in [2.24, 2.45) is 0 Å². The molecule has 0 radical (unpaired) electrons. The summed E-state index contributed by atoms with van der Waals surface area (Å²) < 4.78 is 1.77. The predicted molar refractivity (Wildman–Crippen MR) is 43.0 cm³/mol. The molecule has 4 nitrogen and oxygen atoms in total. The van der Waals surface area contributed by atoms with Crippen LogP contribution in [0.15, 0.2) is 24.8 Å². The Morgan fingerprint density at radius 3 is 2.67 bits per heavy atom. The Kier molecular flexibility index (Phi) is 1.40. The minimum atomic E-state index is -0.0631. The van der Waals surface area contributed by atoms with Gasteiger partial charge in [0.15, 0.2) is 11.4 Å². The summed E-state index contributed by atoms with van der Waals surface area (Å²) in [7, 11) is 0. The number of Topliss-reactive ketones (excluding diaryl/α,β-unsaturated/α-hetero) is 1. The fourth-order valence-electron chi connectivity index (χ4n) is 1.10. The maximum atomic E-state index is 11.0. The molecular formula is C8H7N3O. The van der Waals surface area contributed by atoms with Crippen LogP contribution in [-0.4, -0.2) is 20.2 Å². The zero-order valence-corrected chi connectivity index (χ0v) is 6.56. The molecule has 2 heterocycles. The maximum absolute atomic E-state index is 11.0. The minimum absolute atomic E-state index is 0.0631. The Balaban J connectivity index is 2.82. The summed E-state index contributed by atoms with van der Waals surface area (Å²) >= 11 is 0. The zero-order valence-electron chi connectivity index (χ0n) is 6.56. The molecule has 0 fully saturated rings. The van der Waals surface area contributed by atoms with E-state index in [9.17, 15) is 4.79 Å². The minimum Gasteiger partial charge on any atom is -0.304 e. The number of nitrogens with zero attached hydrogens (tertiary/aromatic N) is 3. The topological polar surface area (TPSA) is 47.3 Å². The Morgan fingerprint density at radius 2 is 2.00 bits per heavy atom. The van der Waals surface area contributed by atoms with Gasteiger partial charge in [0, 0.05) is 31.7 Å². The van der Waals surface area contributed by atoms with Crippen molar-refractivity contribution in [2.75, 3.05) is 0 Å². The van der Waals surface area contributed by atoms with Gasteiger partial charge in [-0.05, 0) is 0 Å². The molecule has 12 heavy (non-hydrogen) atoms. The molecule has 0 aromatic carbocycles. The average molecular weight is 161 g/mol. The second-order valence-electron chi connectivity index (χ2n) is 2.49. The molecule has 0 spiro atoms. The molecule has 0 bridgehead atoms. The second kappa shape index (κ2) is 2.41. The van der Waals surface area contributed by atoms with Gasteiger partial charge in [-0.1, -0.05) is 0 Å². The van der Waals surface area contributed by atoms with Crippen molar-refractivity contribution in [3.8, 4) is 0 Å². The lowest BCUT2D eigenvalue weighted by Crippen LogP contribution is -2.00. The molecule has 0 saturated carbocycles. The van der Waals surface area contributed by atoms with Gasteiger partial charge in [0.25, 0.3) is 0 Å². The van der Waals surface area contributed by atoms with E-state index in [2.05, 4.69) is 9.97 Å². The van der Waals surface area contributed by atoms with Gasteiger partial charge in [-0.3, -0.25) is 4.79 Å². The summed E-state index contributed by atoms with van der Waals surface area (Å²) in [5.74, 6) is -0.0631. The average Bonchev–Trinajstić information content (AvgIpc) is 2.49. The van der Waals surface area contributed by atoms with E-state index >= 15 is 0 Å². The highest BCUT2D eigenvalue weighted by Crippen LogP contribution is 2.04. The second-order valence-corrected chi connectivity index (χ2v) is 2.49. The summed E-state index contributed by atoms with van der Waals surface area (Å²) in [5, 5.41) is 0. The van der Waals surface area contributed by atoms with Crippen LogP contribution in [0.1, 0.15) is 17.4 Å². The largest absolute Gasteiger partial charge is 0.304 e. The molecule has 0 saturated heterocycles. The van der Waals surface area contributed by atoms with E-state index in [4.69, 9.17) is 0 Å². The van der Waals surface area contributed by atoms with Crippen LogP contribution in [0.25, 0.3) is 5.65 Å². The molecule has 0 N–H and O–H groups in total. The Bertz CT molecular complexity index is 433. The standard InChI is InChI=1S/C8H7N3O/c1-6(12)7-8-10-3-5-11(8)4-2-9-7/h2-5H,1H3. The fraction of sp³-hybridized carbons (Fsp3) is 0.125. The lowest BCUT2D eigenvalue weighted by molar-refractivity contribution is 0.101. The van der Waals surface area contributed by atoms with Gasteiger partial charge in [0.1, 0.15) is 5.69 Å². The predicted octanol–water partition coefficient (Wildman–Crippen LogP) is 0.932. The number of aromatic nitrogens is 3. The number of ketones is 1. The number of hydrogen-bond acceptors (Lipinski definition) is 3. The van der Waals surface area contributed by atoms with Gasteiger partial charge in [-0.15, -0.1) is 0 Å². The van der Waals surface area contributed by atoms with Gasteiger partial charge in [-0.25, -0.2) is 9.97 Å². The SMILES string of the molecule is CC(=O)c1nccn2ccnc12. The zero-order chi connectivity index (χ0) is 8.55. The highest BCUT2D eigenvalue weighted by molar-refractivity contribution is 5.97. The van der Waals surface area contributed by atoms with Crippen molar-refractivity contribution in [3.05, 3.63) is 30.5 Å². The molecule has 0 aliphatic heterocycles. The van der Waals surface area contributed by atoms with Crippen LogP contribution in [0.4, 0.5) is 0 Å². The van der Waals surface area contributed by atoms with E-state index < -0.39 is 0 Å². The summed E-state index contributed by atoms with van der Waals surface area (Å²) in [6, 6.07) is 0. The van der Waals surface area contributed by atoms with Crippen molar-refractivity contribution in [1.29, 1.82) is 0 Å². The van der Waals surface area contributed by atoms with Crippen LogP contribution in [0.2, 0.25) is 0 Å². The first-order valence-electron chi connectivity index (χ1n) is 3.57. The van der Waals surface area contributed by atoms with E-state index in [0.717, 1.165) is 0 Å². The summed E-state index contributed by atoms with van der Waals surface area (Å²) in [4.78, 5) is 19.0. The first kappa shape index (κ1) is 6.97. The third-order valence-corrected chi connectivity index (χ3v) is 1.64. The van der Waals surface area contributed by atoms with E-state index in [-0.39, 0.29) is 5.78 Å².